The van der Waals surface area contributed by atoms with E-state index in [1.54, 1.807) is 24.3 Å². The van der Waals surface area contributed by atoms with Gasteiger partial charge in [0, 0.05) is 11.4 Å². The van der Waals surface area contributed by atoms with Crippen LogP contribution in [-0.2, 0) is 0 Å². The molecule has 0 amide bonds. The van der Waals surface area contributed by atoms with Gasteiger partial charge in [-0.3, -0.25) is 4.98 Å². The Morgan fingerprint density at radius 2 is 1.61 bits per heavy atom. The molecule has 90 valence electrons. The highest BCUT2D eigenvalue weighted by Crippen LogP contribution is 2.23. The average molecular weight is 238 g/mol. The molecule has 3 nitrogen and oxygen atoms in total. The van der Waals surface area contributed by atoms with Gasteiger partial charge in [-0.15, -0.1) is 0 Å². The van der Waals surface area contributed by atoms with Crippen LogP contribution in [0, 0.1) is 25.2 Å². The third-order valence-corrected chi connectivity index (χ3v) is 2.78. The first-order valence-corrected chi connectivity index (χ1v) is 5.73. The van der Waals surface area contributed by atoms with Crippen LogP contribution in [0.5, 0.6) is 0 Å². The van der Waals surface area contributed by atoms with E-state index in [1.807, 2.05) is 26.0 Å². The molecule has 1 N–H and O–H groups in total. The number of aliphatic hydroxyl groups excluding tert-OH is 1. The normalized spacial score (nSPS) is 11.9. The van der Waals surface area contributed by atoms with E-state index >= 15 is 0 Å². The van der Waals surface area contributed by atoms with Crippen LogP contribution in [0.25, 0.3) is 0 Å². The second-order valence-corrected chi connectivity index (χ2v) is 4.32. The first-order valence-electron chi connectivity index (χ1n) is 5.73. The monoisotopic (exact) mass is 238 g/mol. The zero-order chi connectivity index (χ0) is 13.1. The Morgan fingerprint density at radius 1 is 1.06 bits per heavy atom. The van der Waals surface area contributed by atoms with Gasteiger partial charge in [0.15, 0.2) is 0 Å². The minimum atomic E-state index is -0.682. The molecule has 0 aliphatic rings. The molecule has 0 radical (unpaired) electrons. The first kappa shape index (κ1) is 12.3. The Bertz CT molecular complexity index is 577. The Morgan fingerprint density at radius 3 is 2.11 bits per heavy atom. The van der Waals surface area contributed by atoms with Gasteiger partial charge in [0.2, 0.25) is 0 Å². The molecular weight excluding hydrogens is 224 g/mol. The lowest BCUT2D eigenvalue weighted by atomic mass is 10.00. The largest absolute Gasteiger partial charge is 0.384 e. The van der Waals surface area contributed by atoms with Gasteiger partial charge in [-0.25, -0.2) is 0 Å². The number of hydrogen-bond acceptors (Lipinski definition) is 3. The van der Waals surface area contributed by atoms with Gasteiger partial charge in [0.05, 0.1) is 11.6 Å². The van der Waals surface area contributed by atoms with E-state index in [9.17, 15) is 5.11 Å². The van der Waals surface area contributed by atoms with Gasteiger partial charge in [0.1, 0.15) is 6.10 Å². The molecule has 0 aliphatic carbocycles. The van der Waals surface area contributed by atoms with E-state index in [0.717, 1.165) is 22.5 Å². The summed E-state index contributed by atoms with van der Waals surface area (Å²) in [4.78, 5) is 4.28. The summed E-state index contributed by atoms with van der Waals surface area (Å²) in [6, 6.07) is 12.8. The second kappa shape index (κ2) is 4.99. The summed E-state index contributed by atoms with van der Waals surface area (Å²) in [5.41, 5.74) is 3.96. The van der Waals surface area contributed by atoms with E-state index in [0.29, 0.717) is 5.56 Å². The van der Waals surface area contributed by atoms with Crippen molar-refractivity contribution in [3.8, 4) is 6.07 Å². The predicted molar refractivity (Wildman–Crippen MR) is 68.9 cm³/mol. The summed E-state index contributed by atoms with van der Waals surface area (Å²) in [5.74, 6) is 0. The molecule has 0 fully saturated rings. The van der Waals surface area contributed by atoms with Gasteiger partial charge in [-0.1, -0.05) is 12.1 Å². The molecule has 0 bridgehead atoms. The van der Waals surface area contributed by atoms with Gasteiger partial charge < -0.3 is 5.11 Å². The van der Waals surface area contributed by atoms with Crippen molar-refractivity contribution in [2.45, 2.75) is 20.0 Å². The van der Waals surface area contributed by atoms with Crippen LogP contribution in [0.1, 0.15) is 34.2 Å². The number of nitrogens with zero attached hydrogens (tertiary/aromatic N) is 2. The van der Waals surface area contributed by atoms with Crippen LogP contribution >= 0.6 is 0 Å². The number of aryl methyl sites for hydroxylation is 2. The number of benzene rings is 1. The molecule has 2 rings (SSSR count). The minimum Gasteiger partial charge on any atom is -0.384 e. The fraction of sp³-hybridized carbons (Fsp3) is 0.200. The molecule has 0 aliphatic heterocycles. The molecule has 1 atom stereocenters. The third kappa shape index (κ3) is 2.55. The maximum Gasteiger partial charge on any atom is 0.104 e. The number of aromatic nitrogens is 1. The molecule has 1 aromatic carbocycles. The van der Waals surface area contributed by atoms with Crippen LogP contribution in [0.4, 0.5) is 0 Å². The lowest BCUT2D eigenvalue weighted by Gasteiger charge is -2.12. The molecule has 1 unspecified atom stereocenters. The smallest absolute Gasteiger partial charge is 0.104 e. The third-order valence-electron chi connectivity index (χ3n) is 2.78. The number of pyridine rings is 1. The molecule has 1 aromatic heterocycles. The zero-order valence-electron chi connectivity index (χ0n) is 10.4. The molecule has 3 heteroatoms. The lowest BCUT2D eigenvalue weighted by molar-refractivity contribution is 0.220. The fourth-order valence-corrected chi connectivity index (χ4v) is 1.96. The standard InChI is InChI=1S/C15H14N2O/c1-10-7-14(8-11(2)17-10)15(18)13-5-3-12(9-16)4-6-13/h3-8,15,18H,1-2H3. The Labute approximate surface area is 106 Å². The number of hydrogen-bond donors (Lipinski definition) is 1. The van der Waals surface area contributed by atoms with E-state index in [-0.39, 0.29) is 0 Å². The molecule has 0 saturated heterocycles. The molecular formula is C15H14N2O. The van der Waals surface area contributed by atoms with E-state index in [2.05, 4.69) is 11.1 Å². The lowest BCUT2D eigenvalue weighted by Crippen LogP contribution is -2.02. The number of rotatable bonds is 2. The number of aliphatic hydroxyl groups is 1. The first-order chi connectivity index (χ1) is 8.60. The molecule has 0 spiro atoms. The molecule has 1 heterocycles. The van der Waals surface area contributed by atoms with E-state index in [1.165, 1.54) is 0 Å². The summed E-state index contributed by atoms with van der Waals surface area (Å²) >= 11 is 0. The van der Waals surface area contributed by atoms with Crippen molar-refractivity contribution in [3.63, 3.8) is 0 Å². The number of nitriles is 1. The minimum absolute atomic E-state index is 0.591. The Kier molecular flexibility index (Phi) is 3.40. The van der Waals surface area contributed by atoms with Gasteiger partial charge >= 0.3 is 0 Å². The quantitative estimate of drug-likeness (QED) is 0.875. The van der Waals surface area contributed by atoms with Crippen LogP contribution in [0.2, 0.25) is 0 Å². The highest BCUT2D eigenvalue weighted by molar-refractivity contribution is 5.36. The SMILES string of the molecule is Cc1cc(C(O)c2ccc(C#N)cc2)cc(C)n1. The van der Waals surface area contributed by atoms with Crippen molar-refractivity contribution in [2.24, 2.45) is 0 Å². The van der Waals surface area contributed by atoms with Crippen LogP contribution in [-0.4, -0.2) is 10.1 Å². The van der Waals surface area contributed by atoms with Crippen molar-refractivity contribution in [2.75, 3.05) is 0 Å². The second-order valence-electron chi connectivity index (χ2n) is 4.32. The predicted octanol–water partition coefficient (Wildman–Crippen LogP) is 2.65. The van der Waals surface area contributed by atoms with E-state index < -0.39 is 6.10 Å². The van der Waals surface area contributed by atoms with Crippen LogP contribution in [0.3, 0.4) is 0 Å². The summed E-state index contributed by atoms with van der Waals surface area (Å²) in [6.45, 7) is 3.81. The molecule has 0 saturated carbocycles. The topological polar surface area (TPSA) is 56.9 Å². The van der Waals surface area contributed by atoms with Crippen LogP contribution in [0.15, 0.2) is 36.4 Å². The Balaban J connectivity index is 2.35. The van der Waals surface area contributed by atoms with Crippen molar-refractivity contribution < 1.29 is 5.11 Å². The van der Waals surface area contributed by atoms with Crippen molar-refractivity contribution in [1.82, 2.24) is 4.98 Å². The molecule has 18 heavy (non-hydrogen) atoms. The highest BCUT2D eigenvalue weighted by Gasteiger charge is 2.11. The fourth-order valence-electron chi connectivity index (χ4n) is 1.96. The Hall–Kier alpha value is -2.18. The van der Waals surface area contributed by atoms with Gasteiger partial charge in [-0.2, -0.15) is 5.26 Å². The maximum absolute atomic E-state index is 10.3. The van der Waals surface area contributed by atoms with Crippen LogP contribution < -0.4 is 0 Å². The van der Waals surface area contributed by atoms with Gasteiger partial charge in [-0.05, 0) is 49.2 Å². The van der Waals surface area contributed by atoms with E-state index in [4.69, 9.17) is 5.26 Å². The van der Waals surface area contributed by atoms with Crippen molar-refractivity contribution >= 4 is 0 Å². The molecule has 2 aromatic rings. The summed E-state index contributed by atoms with van der Waals surface area (Å²) < 4.78 is 0. The zero-order valence-corrected chi connectivity index (χ0v) is 10.4. The average Bonchev–Trinajstić information content (AvgIpc) is 2.37. The van der Waals surface area contributed by atoms with Crippen molar-refractivity contribution in [1.29, 1.82) is 5.26 Å². The highest BCUT2D eigenvalue weighted by atomic mass is 16.3. The van der Waals surface area contributed by atoms with Crippen molar-refractivity contribution in [3.05, 3.63) is 64.5 Å². The summed E-state index contributed by atoms with van der Waals surface area (Å²) in [7, 11) is 0. The van der Waals surface area contributed by atoms with Gasteiger partial charge in [0.25, 0.3) is 0 Å². The summed E-state index contributed by atoms with van der Waals surface area (Å²) in [5, 5.41) is 19.0. The maximum atomic E-state index is 10.3. The summed E-state index contributed by atoms with van der Waals surface area (Å²) in [6.07, 6.45) is -0.682.